The Hall–Kier alpha value is -2.09. The molecule has 0 unspecified atom stereocenters. The number of amides is 1. The van der Waals surface area contributed by atoms with E-state index < -0.39 is 23.3 Å². The number of carbonyl (C=O) groups excluding carboxylic acids is 1. The first-order chi connectivity index (χ1) is 8.86. The summed E-state index contributed by atoms with van der Waals surface area (Å²) < 4.78 is 0. The third kappa shape index (κ3) is 3.68. The van der Waals surface area contributed by atoms with E-state index in [1.54, 1.807) is 6.26 Å². The van der Waals surface area contributed by atoms with Crippen molar-refractivity contribution < 1.29 is 19.6 Å². The van der Waals surface area contributed by atoms with E-state index in [1.807, 2.05) is 0 Å². The molecule has 0 aromatic heterocycles. The standard InChI is InChI=1S/C11H12N2O5S/c1-12(6-10(14)15)11(16)7-3-4-9(19-2)8(5-7)13(17)18/h3-5H,6H2,1-2H3,(H,14,15). The van der Waals surface area contributed by atoms with Gasteiger partial charge in [-0.15, -0.1) is 11.8 Å². The Labute approximate surface area is 113 Å². The molecule has 0 spiro atoms. The summed E-state index contributed by atoms with van der Waals surface area (Å²) in [5, 5.41) is 19.5. The van der Waals surface area contributed by atoms with E-state index in [-0.39, 0.29) is 11.3 Å². The summed E-state index contributed by atoms with van der Waals surface area (Å²) in [4.78, 5) is 34.1. The molecule has 0 fully saturated rings. The molecule has 0 heterocycles. The largest absolute Gasteiger partial charge is 0.480 e. The average Bonchev–Trinajstić information content (AvgIpc) is 2.36. The number of benzene rings is 1. The fraction of sp³-hybridized carbons (Fsp3) is 0.273. The summed E-state index contributed by atoms with van der Waals surface area (Å²) in [6, 6.07) is 4.08. The lowest BCUT2D eigenvalue weighted by Gasteiger charge is -2.14. The predicted octanol–water partition coefficient (Wildman–Crippen LogP) is 1.47. The van der Waals surface area contributed by atoms with Crippen LogP contribution in [-0.2, 0) is 4.79 Å². The molecule has 1 amide bonds. The molecule has 0 aliphatic heterocycles. The van der Waals surface area contributed by atoms with Crippen molar-refractivity contribution in [3.8, 4) is 0 Å². The van der Waals surface area contributed by atoms with Gasteiger partial charge in [-0.1, -0.05) is 0 Å². The summed E-state index contributed by atoms with van der Waals surface area (Å²) in [5.74, 6) is -1.72. The number of carbonyl (C=O) groups is 2. The molecular weight excluding hydrogens is 272 g/mol. The van der Waals surface area contributed by atoms with Gasteiger partial charge in [0.25, 0.3) is 11.6 Å². The first kappa shape index (κ1) is 15.0. The Morgan fingerprint density at radius 1 is 1.47 bits per heavy atom. The van der Waals surface area contributed by atoms with Crippen LogP contribution < -0.4 is 0 Å². The smallest absolute Gasteiger partial charge is 0.323 e. The molecule has 102 valence electrons. The molecule has 8 heteroatoms. The zero-order valence-electron chi connectivity index (χ0n) is 10.3. The highest BCUT2D eigenvalue weighted by molar-refractivity contribution is 7.98. The Morgan fingerprint density at radius 2 is 2.11 bits per heavy atom. The molecule has 7 nitrogen and oxygen atoms in total. The lowest BCUT2D eigenvalue weighted by molar-refractivity contribution is -0.387. The van der Waals surface area contributed by atoms with Gasteiger partial charge < -0.3 is 10.0 Å². The molecule has 1 aromatic rings. The second-order valence-electron chi connectivity index (χ2n) is 3.70. The minimum absolute atomic E-state index is 0.0910. The van der Waals surface area contributed by atoms with Crippen LogP contribution in [-0.4, -0.2) is 46.7 Å². The van der Waals surface area contributed by atoms with Crippen LogP contribution in [0.15, 0.2) is 23.1 Å². The summed E-state index contributed by atoms with van der Waals surface area (Å²) >= 11 is 1.20. The van der Waals surface area contributed by atoms with E-state index in [4.69, 9.17) is 5.11 Å². The van der Waals surface area contributed by atoms with Gasteiger partial charge in [-0.3, -0.25) is 19.7 Å². The number of carboxylic acids is 1. The Balaban J connectivity index is 3.08. The molecular formula is C11H12N2O5S. The first-order valence-electron chi connectivity index (χ1n) is 5.16. The number of hydrogen-bond acceptors (Lipinski definition) is 5. The third-order valence-corrected chi connectivity index (χ3v) is 3.13. The number of rotatable bonds is 5. The quantitative estimate of drug-likeness (QED) is 0.499. The number of carboxylic acid groups (broad SMARTS) is 1. The van der Waals surface area contributed by atoms with Gasteiger partial charge in [0, 0.05) is 18.7 Å². The molecule has 0 aliphatic rings. The molecule has 0 radical (unpaired) electrons. The minimum Gasteiger partial charge on any atom is -0.480 e. The Morgan fingerprint density at radius 3 is 2.58 bits per heavy atom. The van der Waals surface area contributed by atoms with E-state index in [0.717, 1.165) is 11.0 Å². The number of aliphatic carboxylic acids is 1. The number of nitro benzene ring substituents is 1. The topological polar surface area (TPSA) is 101 Å². The van der Waals surface area contributed by atoms with Gasteiger partial charge in [-0.2, -0.15) is 0 Å². The predicted molar refractivity (Wildman–Crippen MR) is 69.5 cm³/mol. The molecule has 0 bridgehead atoms. The van der Waals surface area contributed by atoms with Crippen LogP contribution in [0.25, 0.3) is 0 Å². The highest BCUT2D eigenvalue weighted by Gasteiger charge is 2.20. The second kappa shape index (κ2) is 6.19. The van der Waals surface area contributed by atoms with Crippen LogP contribution in [0.4, 0.5) is 5.69 Å². The summed E-state index contributed by atoms with van der Waals surface area (Å²) in [7, 11) is 1.32. The zero-order valence-corrected chi connectivity index (χ0v) is 11.1. The summed E-state index contributed by atoms with van der Waals surface area (Å²) in [6.45, 7) is -0.461. The maximum absolute atomic E-state index is 11.9. The fourth-order valence-electron chi connectivity index (χ4n) is 1.46. The van der Waals surface area contributed by atoms with Gasteiger partial charge in [0.1, 0.15) is 6.54 Å². The van der Waals surface area contributed by atoms with Crippen molar-refractivity contribution in [2.75, 3.05) is 19.8 Å². The summed E-state index contributed by atoms with van der Waals surface area (Å²) in [6.07, 6.45) is 1.69. The molecule has 0 saturated heterocycles. The molecule has 0 saturated carbocycles. The van der Waals surface area contributed by atoms with Crippen molar-refractivity contribution in [1.29, 1.82) is 0 Å². The highest BCUT2D eigenvalue weighted by Crippen LogP contribution is 2.28. The lowest BCUT2D eigenvalue weighted by atomic mass is 10.2. The van der Waals surface area contributed by atoms with Crippen LogP contribution in [0.2, 0.25) is 0 Å². The number of thioether (sulfide) groups is 1. The van der Waals surface area contributed by atoms with Crippen LogP contribution in [0.5, 0.6) is 0 Å². The molecule has 1 aromatic carbocycles. The van der Waals surface area contributed by atoms with Gasteiger partial charge in [0.2, 0.25) is 0 Å². The number of hydrogen-bond donors (Lipinski definition) is 1. The SMILES string of the molecule is CSc1ccc(C(=O)N(C)CC(=O)O)cc1[N+](=O)[O-]. The monoisotopic (exact) mass is 284 g/mol. The van der Waals surface area contributed by atoms with Gasteiger partial charge in [-0.25, -0.2) is 0 Å². The van der Waals surface area contributed by atoms with Crippen LogP contribution >= 0.6 is 11.8 Å². The average molecular weight is 284 g/mol. The van der Waals surface area contributed by atoms with E-state index in [1.165, 1.54) is 30.9 Å². The molecule has 1 N–H and O–H groups in total. The highest BCUT2D eigenvalue weighted by atomic mass is 32.2. The van der Waals surface area contributed by atoms with Crippen molar-refractivity contribution in [3.63, 3.8) is 0 Å². The Kier molecular flexibility index (Phi) is 4.87. The third-order valence-electron chi connectivity index (χ3n) is 2.34. The number of nitrogens with zero attached hydrogens (tertiary/aromatic N) is 2. The van der Waals surface area contributed by atoms with Crippen molar-refractivity contribution in [1.82, 2.24) is 4.90 Å². The maximum atomic E-state index is 11.9. The van der Waals surface area contributed by atoms with E-state index in [2.05, 4.69) is 0 Å². The Bertz CT molecular complexity index is 532. The van der Waals surface area contributed by atoms with Crippen molar-refractivity contribution in [3.05, 3.63) is 33.9 Å². The maximum Gasteiger partial charge on any atom is 0.323 e. The van der Waals surface area contributed by atoms with Crippen molar-refractivity contribution >= 4 is 29.3 Å². The van der Waals surface area contributed by atoms with Crippen LogP contribution in [0.1, 0.15) is 10.4 Å². The van der Waals surface area contributed by atoms with Crippen molar-refractivity contribution in [2.24, 2.45) is 0 Å². The van der Waals surface area contributed by atoms with Crippen molar-refractivity contribution in [2.45, 2.75) is 4.90 Å². The van der Waals surface area contributed by atoms with Gasteiger partial charge in [0.05, 0.1) is 9.82 Å². The summed E-state index contributed by atoms with van der Waals surface area (Å²) in [5.41, 5.74) is -0.0738. The normalized spacial score (nSPS) is 10.0. The molecule has 19 heavy (non-hydrogen) atoms. The molecule has 0 atom stereocenters. The molecule has 1 rings (SSSR count). The van der Waals surface area contributed by atoms with E-state index in [0.29, 0.717) is 4.90 Å². The number of nitro groups is 1. The number of likely N-dealkylation sites (N-methyl/N-ethyl adjacent to an activating group) is 1. The zero-order chi connectivity index (χ0) is 14.6. The van der Waals surface area contributed by atoms with Gasteiger partial charge in [-0.05, 0) is 18.4 Å². The van der Waals surface area contributed by atoms with E-state index in [9.17, 15) is 19.7 Å². The van der Waals surface area contributed by atoms with Gasteiger partial charge >= 0.3 is 5.97 Å². The first-order valence-corrected chi connectivity index (χ1v) is 6.39. The van der Waals surface area contributed by atoms with E-state index >= 15 is 0 Å². The van der Waals surface area contributed by atoms with Gasteiger partial charge in [0.15, 0.2) is 0 Å². The lowest BCUT2D eigenvalue weighted by Crippen LogP contribution is -2.31. The second-order valence-corrected chi connectivity index (χ2v) is 4.55. The van der Waals surface area contributed by atoms with Crippen LogP contribution in [0.3, 0.4) is 0 Å². The minimum atomic E-state index is -1.15. The van der Waals surface area contributed by atoms with Crippen LogP contribution in [0, 0.1) is 10.1 Å². The fourth-order valence-corrected chi connectivity index (χ4v) is 2.01. The molecule has 0 aliphatic carbocycles.